The third kappa shape index (κ3) is 20.2. The van der Waals surface area contributed by atoms with Crippen LogP contribution in [-0.2, 0) is 37.9 Å². The highest BCUT2D eigenvalue weighted by molar-refractivity contribution is 5.96. The number of ether oxygens (including phenoxy) is 12. The molecule has 6 aromatic carbocycles. The van der Waals surface area contributed by atoms with Gasteiger partial charge in [0.15, 0.2) is 27.2 Å². The summed E-state index contributed by atoms with van der Waals surface area (Å²) in [6.07, 6.45) is 1.25. The second-order valence-electron chi connectivity index (χ2n) is 13.4. The maximum absolute atomic E-state index is 11.4. The van der Waals surface area contributed by atoms with Crippen molar-refractivity contribution in [2.45, 2.75) is 20.3 Å². The molecular weight excluding hydrogens is 869 g/mol. The molecule has 0 saturated heterocycles. The minimum absolute atomic E-state index is 0.157. The maximum Gasteiger partial charge on any atom is 0.337 e. The Kier molecular flexibility index (Phi) is 27.0. The monoisotopic (exact) mass is 928 g/mol. The van der Waals surface area contributed by atoms with Gasteiger partial charge in [-0.3, -0.25) is 0 Å². The molecule has 0 radical (unpaired) electrons. The molecule has 16 heteroatoms. The number of hydrogen-bond donors (Lipinski definition) is 0. The van der Waals surface area contributed by atoms with Gasteiger partial charge in [-0.15, -0.1) is 0 Å². The molecule has 0 spiro atoms. The summed E-state index contributed by atoms with van der Waals surface area (Å²) in [5.41, 5.74) is 2.02. The number of rotatable bonds is 16. The van der Waals surface area contributed by atoms with Crippen LogP contribution in [0.2, 0.25) is 0 Å². The summed E-state index contributed by atoms with van der Waals surface area (Å²) in [5, 5.41) is 3.91. The quantitative estimate of drug-likeness (QED) is 0.0508. The Hall–Kier alpha value is -7.24. The number of benzene rings is 6. The summed E-state index contributed by atoms with van der Waals surface area (Å²) in [5.74, 6) is 1.24. The van der Waals surface area contributed by atoms with Crippen molar-refractivity contribution < 1.29 is 76.0 Å². The third-order valence-electron chi connectivity index (χ3n) is 8.37. The predicted octanol–water partition coefficient (Wildman–Crippen LogP) is 9.55. The lowest BCUT2D eigenvalue weighted by atomic mass is 10.1. The van der Waals surface area contributed by atoms with Gasteiger partial charge in [-0.1, -0.05) is 50.6 Å². The molecule has 6 aromatic rings. The average molecular weight is 929 g/mol. The van der Waals surface area contributed by atoms with E-state index in [1.54, 1.807) is 94.1 Å². The predicted molar refractivity (Wildman–Crippen MR) is 252 cm³/mol. The highest BCUT2D eigenvalue weighted by Gasteiger charge is 2.09. The van der Waals surface area contributed by atoms with Gasteiger partial charge in [0, 0.05) is 28.4 Å². The van der Waals surface area contributed by atoms with E-state index >= 15 is 0 Å². The topological polar surface area (TPSA) is 179 Å². The average Bonchev–Trinajstić information content (AvgIpc) is 3.38. The lowest BCUT2D eigenvalue weighted by Crippen LogP contribution is -2.03. The van der Waals surface area contributed by atoms with E-state index in [2.05, 4.69) is 28.1 Å². The summed E-state index contributed by atoms with van der Waals surface area (Å²) in [7, 11) is 11.6. The molecule has 0 fully saturated rings. The van der Waals surface area contributed by atoms with Crippen LogP contribution in [0.1, 0.15) is 61.7 Å². The molecule has 0 bridgehead atoms. The third-order valence-corrected chi connectivity index (χ3v) is 8.37. The molecule has 0 aliphatic carbocycles. The fourth-order valence-corrected chi connectivity index (χ4v) is 5.26. The SMILES string of the molecule is CCC.COCOc1ccc(C(=O)OC)cc1.COCOc1ccc2cc(C(=O)OC)ccc2c1.COCOc1ccc2ccc(C(=O)OC)cc2c1.COCOc1cccc(C(=O)OC)c1. The Labute approximate surface area is 391 Å². The Morgan fingerprint density at radius 2 is 0.642 bits per heavy atom. The Balaban J connectivity index is 0.000000303. The molecule has 0 aromatic heterocycles. The van der Waals surface area contributed by atoms with Crippen LogP contribution in [0.4, 0.5) is 0 Å². The van der Waals surface area contributed by atoms with Crippen LogP contribution in [0, 0.1) is 0 Å². The van der Waals surface area contributed by atoms with Gasteiger partial charge in [0.1, 0.15) is 23.0 Å². The van der Waals surface area contributed by atoms with E-state index in [0.717, 1.165) is 27.3 Å². The van der Waals surface area contributed by atoms with E-state index in [9.17, 15) is 19.2 Å². The highest BCUT2D eigenvalue weighted by atomic mass is 16.7. The van der Waals surface area contributed by atoms with Crippen LogP contribution < -0.4 is 18.9 Å². The zero-order valence-electron chi connectivity index (χ0n) is 39.6. The fourth-order valence-electron chi connectivity index (χ4n) is 5.26. The minimum atomic E-state index is -0.382. The molecule has 16 nitrogen and oxygen atoms in total. The van der Waals surface area contributed by atoms with Crippen LogP contribution in [0.15, 0.2) is 121 Å². The Bertz CT molecular complexity index is 2400. The largest absolute Gasteiger partial charge is 0.468 e. The summed E-state index contributed by atoms with van der Waals surface area (Å²) < 4.78 is 58.6. The van der Waals surface area contributed by atoms with Gasteiger partial charge in [-0.25, -0.2) is 19.2 Å². The van der Waals surface area contributed by atoms with Gasteiger partial charge in [-0.2, -0.15) is 0 Å². The molecule has 0 atom stereocenters. The standard InChI is InChI=1S/2C14H14O4.2C10H12O4.C3H8/c1-16-9-18-13-6-5-10-7-12(14(15)17-2)4-3-11(10)8-13;1-16-9-18-13-6-5-10-3-4-11(14(15)17-2)7-12(10)8-13;1-12-7-14-9-5-3-8(4-6-9)10(11)13-2;1-12-7-14-9-5-3-4-8(6-9)10(11)13-2;1-3-2/h2*3-8H,9H2,1-2H3;2*3-6H,7H2,1-2H3;3H2,1-2H3. The highest BCUT2D eigenvalue weighted by Crippen LogP contribution is 2.24. The molecule has 0 heterocycles. The number of methoxy groups -OCH3 is 8. The van der Waals surface area contributed by atoms with E-state index in [0.29, 0.717) is 39.5 Å². The van der Waals surface area contributed by atoms with Crippen molar-refractivity contribution in [3.05, 3.63) is 144 Å². The van der Waals surface area contributed by atoms with Gasteiger partial charge < -0.3 is 56.8 Å². The summed E-state index contributed by atoms with van der Waals surface area (Å²) in [4.78, 5) is 45.0. The minimum Gasteiger partial charge on any atom is -0.468 e. The van der Waals surface area contributed by atoms with Crippen molar-refractivity contribution in [3.63, 3.8) is 0 Å². The molecule has 0 saturated carbocycles. The zero-order chi connectivity index (χ0) is 49.4. The first kappa shape index (κ1) is 55.9. The summed E-state index contributed by atoms with van der Waals surface area (Å²) in [6, 6.07) is 35.4. The van der Waals surface area contributed by atoms with Crippen molar-refractivity contribution in [3.8, 4) is 23.0 Å². The van der Waals surface area contributed by atoms with Gasteiger partial charge in [0.25, 0.3) is 0 Å². The maximum atomic E-state index is 11.4. The molecule has 360 valence electrons. The fraction of sp³-hybridized carbons (Fsp3) is 0.294. The van der Waals surface area contributed by atoms with Crippen LogP contribution in [0.25, 0.3) is 21.5 Å². The molecule has 0 aliphatic heterocycles. The zero-order valence-corrected chi connectivity index (χ0v) is 39.6. The van der Waals surface area contributed by atoms with E-state index in [-0.39, 0.29) is 51.0 Å². The van der Waals surface area contributed by atoms with Crippen molar-refractivity contribution in [1.29, 1.82) is 0 Å². The summed E-state index contributed by atoms with van der Waals surface area (Å²) >= 11 is 0. The molecule has 0 unspecified atom stereocenters. The Morgan fingerprint density at radius 3 is 1.10 bits per heavy atom. The molecule has 67 heavy (non-hydrogen) atoms. The van der Waals surface area contributed by atoms with Crippen molar-refractivity contribution in [2.75, 3.05) is 84.1 Å². The molecule has 0 N–H and O–H groups in total. The van der Waals surface area contributed by atoms with Gasteiger partial charge in [-0.05, 0) is 113 Å². The number of hydrogen-bond acceptors (Lipinski definition) is 16. The van der Waals surface area contributed by atoms with Crippen molar-refractivity contribution >= 4 is 45.4 Å². The lowest BCUT2D eigenvalue weighted by molar-refractivity contribution is 0.0503. The normalized spacial score (nSPS) is 9.82. The van der Waals surface area contributed by atoms with Crippen LogP contribution in [0.3, 0.4) is 0 Å². The second kappa shape index (κ2) is 32.4. The number of carbonyl (C=O) groups is 4. The van der Waals surface area contributed by atoms with E-state index in [1.165, 1.54) is 42.0 Å². The van der Waals surface area contributed by atoms with Gasteiger partial charge in [0.05, 0.1) is 50.7 Å². The number of carbonyl (C=O) groups excluding carboxylic acids is 4. The first-order valence-electron chi connectivity index (χ1n) is 20.5. The van der Waals surface area contributed by atoms with Gasteiger partial charge >= 0.3 is 23.9 Å². The molecule has 0 aliphatic rings. The van der Waals surface area contributed by atoms with Crippen LogP contribution in [0.5, 0.6) is 23.0 Å². The van der Waals surface area contributed by atoms with Crippen LogP contribution >= 0.6 is 0 Å². The van der Waals surface area contributed by atoms with E-state index in [1.807, 2.05) is 48.5 Å². The summed E-state index contributed by atoms with van der Waals surface area (Å²) in [6.45, 7) is 5.01. The van der Waals surface area contributed by atoms with Gasteiger partial charge in [0.2, 0.25) is 0 Å². The molecule has 0 amide bonds. The van der Waals surface area contributed by atoms with E-state index in [4.69, 9.17) is 42.6 Å². The first-order valence-corrected chi connectivity index (χ1v) is 20.5. The smallest absolute Gasteiger partial charge is 0.337 e. The number of esters is 4. The molecule has 6 rings (SSSR count). The Morgan fingerprint density at radius 1 is 0.328 bits per heavy atom. The second-order valence-corrected chi connectivity index (χ2v) is 13.4. The van der Waals surface area contributed by atoms with Crippen molar-refractivity contribution in [2.24, 2.45) is 0 Å². The molecular formula is C51H60O16. The first-order chi connectivity index (χ1) is 32.4. The number of fused-ring (bicyclic) bond motifs is 2. The van der Waals surface area contributed by atoms with Crippen LogP contribution in [-0.4, -0.2) is 108 Å². The van der Waals surface area contributed by atoms with E-state index < -0.39 is 0 Å². The lowest BCUT2D eigenvalue weighted by Gasteiger charge is -2.07. The van der Waals surface area contributed by atoms with Crippen molar-refractivity contribution in [1.82, 2.24) is 0 Å².